The Morgan fingerprint density at radius 1 is 1.03 bits per heavy atom. The van der Waals surface area contributed by atoms with Gasteiger partial charge in [0.2, 0.25) is 11.8 Å². The van der Waals surface area contributed by atoms with Crippen molar-refractivity contribution in [2.45, 2.75) is 4.90 Å². The van der Waals surface area contributed by atoms with E-state index in [9.17, 15) is 22.4 Å². The van der Waals surface area contributed by atoms with Crippen LogP contribution in [-0.2, 0) is 19.6 Å². The van der Waals surface area contributed by atoms with Gasteiger partial charge in [0.05, 0.1) is 36.2 Å². The van der Waals surface area contributed by atoms with Gasteiger partial charge in [-0.05, 0) is 36.4 Å². The van der Waals surface area contributed by atoms with Crippen LogP contribution in [0, 0.1) is 5.82 Å². The second kappa shape index (κ2) is 9.63. The van der Waals surface area contributed by atoms with Gasteiger partial charge in [-0.15, -0.1) is 0 Å². The molecule has 0 saturated carbocycles. The van der Waals surface area contributed by atoms with Crippen LogP contribution in [0.5, 0.6) is 11.5 Å². The Morgan fingerprint density at radius 2 is 1.71 bits per heavy atom. The number of anilines is 3. The van der Waals surface area contributed by atoms with Crippen molar-refractivity contribution < 1.29 is 31.9 Å². The van der Waals surface area contributed by atoms with Crippen LogP contribution in [0.25, 0.3) is 0 Å². The van der Waals surface area contributed by atoms with E-state index in [1.807, 2.05) is 0 Å². The molecule has 4 rings (SSSR count). The zero-order valence-corrected chi connectivity index (χ0v) is 19.7. The van der Waals surface area contributed by atoms with E-state index in [4.69, 9.17) is 9.47 Å². The first kappa shape index (κ1) is 24.0. The highest BCUT2D eigenvalue weighted by Crippen LogP contribution is 2.34. The molecule has 2 amide bonds. The minimum Gasteiger partial charge on any atom is -0.493 e. The third kappa shape index (κ3) is 4.62. The van der Waals surface area contributed by atoms with Crippen LogP contribution in [-0.4, -0.2) is 47.5 Å². The number of hydrogen-bond acceptors (Lipinski definition) is 6. The number of nitrogens with zero attached hydrogens (tertiary/aromatic N) is 2. The molecule has 3 aromatic rings. The van der Waals surface area contributed by atoms with E-state index in [0.717, 1.165) is 6.07 Å². The monoisotopic (exact) mass is 499 g/mol. The first-order valence-corrected chi connectivity index (χ1v) is 11.9. The van der Waals surface area contributed by atoms with Crippen molar-refractivity contribution in [1.82, 2.24) is 0 Å². The molecule has 0 radical (unpaired) electrons. The first-order chi connectivity index (χ1) is 16.8. The summed E-state index contributed by atoms with van der Waals surface area (Å²) in [7, 11) is -1.69. The Kier molecular flexibility index (Phi) is 6.61. The topological polar surface area (TPSA) is 105 Å². The fourth-order valence-corrected chi connectivity index (χ4v) is 5.16. The second-order valence-corrected chi connectivity index (χ2v) is 9.39. The Hall–Kier alpha value is -4.12. The molecule has 1 N–H and O–H groups in total. The molecule has 0 fully saturated rings. The maximum atomic E-state index is 14.8. The summed E-state index contributed by atoms with van der Waals surface area (Å²) in [5.41, 5.74) is 0.511. The van der Waals surface area contributed by atoms with E-state index in [0.29, 0.717) is 21.4 Å². The van der Waals surface area contributed by atoms with Gasteiger partial charge in [0, 0.05) is 6.07 Å². The number of para-hydroxylation sites is 3. The third-order valence-corrected chi connectivity index (χ3v) is 7.17. The van der Waals surface area contributed by atoms with Gasteiger partial charge in [-0.3, -0.25) is 18.8 Å². The standard InChI is InChI=1S/C24H22FN3O6S/c1-33-21-12-11-16(13-22(21)34-2)35(31,32)28(19-9-5-3-7-17(19)25)15-24(30)27-14-23(29)26-18-8-4-6-10-20(18)27/h3-13H,14-15H2,1-2H3,(H,26,29). The summed E-state index contributed by atoms with van der Waals surface area (Å²) < 4.78 is 53.2. The smallest absolute Gasteiger partial charge is 0.265 e. The third-order valence-electron chi connectivity index (χ3n) is 5.41. The van der Waals surface area contributed by atoms with Crippen molar-refractivity contribution in [2.75, 3.05) is 41.8 Å². The number of methoxy groups -OCH3 is 2. The minimum atomic E-state index is -4.45. The summed E-state index contributed by atoms with van der Waals surface area (Å²) in [6.45, 7) is -1.06. The predicted octanol–water partition coefficient (Wildman–Crippen LogP) is 3.02. The Balaban J connectivity index is 1.77. The molecule has 0 spiro atoms. The lowest BCUT2D eigenvalue weighted by atomic mass is 10.2. The van der Waals surface area contributed by atoms with Crippen LogP contribution in [0.2, 0.25) is 0 Å². The van der Waals surface area contributed by atoms with Crippen molar-refractivity contribution in [3.8, 4) is 11.5 Å². The van der Waals surface area contributed by atoms with E-state index in [-0.39, 0.29) is 22.9 Å². The molecule has 9 nitrogen and oxygen atoms in total. The minimum absolute atomic E-state index is 0.148. The summed E-state index contributed by atoms with van der Waals surface area (Å²) in [5, 5.41) is 2.67. The second-order valence-electron chi connectivity index (χ2n) is 7.53. The fourth-order valence-electron chi connectivity index (χ4n) is 3.72. The van der Waals surface area contributed by atoms with Crippen LogP contribution in [0.4, 0.5) is 21.5 Å². The Morgan fingerprint density at radius 3 is 2.43 bits per heavy atom. The highest BCUT2D eigenvalue weighted by Gasteiger charge is 2.34. The molecular formula is C24H22FN3O6S. The summed E-state index contributed by atoms with van der Waals surface area (Å²) in [6.07, 6.45) is 0. The molecule has 182 valence electrons. The van der Waals surface area contributed by atoms with Crippen molar-refractivity contribution in [2.24, 2.45) is 0 Å². The lowest BCUT2D eigenvalue weighted by molar-refractivity contribution is -0.121. The highest BCUT2D eigenvalue weighted by atomic mass is 32.2. The quantitative estimate of drug-likeness (QED) is 0.536. The average Bonchev–Trinajstić information content (AvgIpc) is 2.86. The van der Waals surface area contributed by atoms with Crippen LogP contribution >= 0.6 is 0 Å². The molecule has 3 aromatic carbocycles. The van der Waals surface area contributed by atoms with E-state index >= 15 is 0 Å². The Bertz CT molecular complexity index is 1400. The number of nitrogens with one attached hydrogen (secondary N) is 1. The average molecular weight is 500 g/mol. The number of sulfonamides is 1. The van der Waals surface area contributed by atoms with E-state index in [1.165, 1.54) is 55.5 Å². The van der Waals surface area contributed by atoms with E-state index < -0.39 is 34.2 Å². The number of halogens is 1. The first-order valence-electron chi connectivity index (χ1n) is 10.4. The number of fused-ring (bicyclic) bond motifs is 1. The molecule has 1 aliphatic heterocycles. The summed E-state index contributed by atoms with van der Waals surface area (Å²) in [5.74, 6) is -1.52. The van der Waals surface area contributed by atoms with E-state index in [1.54, 1.807) is 24.3 Å². The molecule has 1 aliphatic rings. The largest absolute Gasteiger partial charge is 0.493 e. The van der Waals surface area contributed by atoms with E-state index in [2.05, 4.69) is 5.32 Å². The van der Waals surface area contributed by atoms with Crippen molar-refractivity contribution in [1.29, 1.82) is 0 Å². The molecule has 0 unspecified atom stereocenters. The number of carbonyl (C=O) groups is 2. The summed E-state index contributed by atoms with van der Waals surface area (Å²) in [4.78, 5) is 26.5. The van der Waals surface area contributed by atoms with Gasteiger partial charge in [0.15, 0.2) is 11.5 Å². The summed E-state index contributed by atoms with van der Waals surface area (Å²) in [6, 6.07) is 15.8. The van der Waals surface area contributed by atoms with Crippen molar-refractivity contribution >= 4 is 38.9 Å². The van der Waals surface area contributed by atoms with Gasteiger partial charge in [0.25, 0.3) is 10.0 Å². The predicted molar refractivity (Wildman–Crippen MR) is 128 cm³/mol. The lowest BCUT2D eigenvalue weighted by Gasteiger charge is -2.32. The molecule has 1 heterocycles. The van der Waals surface area contributed by atoms with Crippen LogP contribution in [0.1, 0.15) is 0 Å². The zero-order valence-electron chi connectivity index (χ0n) is 18.9. The van der Waals surface area contributed by atoms with Crippen LogP contribution in [0.3, 0.4) is 0 Å². The van der Waals surface area contributed by atoms with Gasteiger partial charge in [0.1, 0.15) is 18.9 Å². The Labute approximate surface area is 201 Å². The van der Waals surface area contributed by atoms with Gasteiger partial charge >= 0.3 is 0 Å². The molecule has 0 bridgehead atoms. The fraction of sp³-hybridized carbons (Fsp3) is 0.167. The summed E-state index contributed by atoms with van der Waals surface area (Å²) >= 11 is 0. The molecule has 0 aromatic heterocycles. The molecular weight excluding hydrogens is 477 g/mol. The number of ether oxygens (including phenoxy) is 2. The highest BCUT2D eigenvalue weighted by molar-refractivity contribution is 7.92. The van der Waals surface area contributed by atoms with Crippen molar-refractivity contribution in [3.05, 3.63) is 72.5 Å². The molecule has 35 heavy (non-hydrogen) atoms. The maximum Gasteiger partial charge on any atom is 0.265 e. The number of benzene rings is 3. The molecule has 0 atom stereocenters. The SMILES string of the molecule is COc1ccc(S(=O)(=O)N(CC(=O)N2CC(=O)Nc3ccccc32)c2ccccc2F)cc1OC. The van der Waals surface area contributed by atoms with Crippen LogP contribution in [0.15, 0.2) is 71.6 Å². The van der Waals surface area contributed by atoms with Crippen LogP contribution < -0.4 is 24.0 Å². The molecule has 11 heteroatoms. The van der Waals surface area contributed by atoms with Crippen molar-refractivity contribution in [3.63, 3.8) is 0 Å². The van der Waals surface area contributed by atoms with Gasteiger partial charge < -0.3 is 14.8 Å². The van der Waals surface area contributed by atoms with Gasteiger partial charge in [-0.1, -0.05) is 24.3 Å². The number of amides is 2. The zero-order chi connectivity index (χ0) is 25.2. The number of rotatable bonds is 7. The number of hydrogen-bond donors (Lipinski definition) is 1. The maximum absolute atomic E-state index is 14.8. The van der Waals surface area contributed by atoms with Gasteiger partial charge in [-0.2, -0.15) is 0 Å². The normalized spacial score (nSPS) is 13.0. The lowest BCUT2D eigenvalue weighted by Crippen LogP contribution is -2.48. The van der Waals surface area contributed by atoms with Gasteiger partial charge in [-0.25, -0.2) is 12.8 Å². The molecule has 0 aliphatic carbocycles. The molecule has 0 saturated heterocycles. The number of carbonyl (C=O) groups excluding carboxylic acids is 2.